The topological polar surface area (TPSA) is 21.3 Å². The van der Waals surface area contributed by atoms with Gasteiger partial charge in [0.1, 0.15) is 17.4 Å². The SMILES string of the molecule is CCNC(C1=CCCO1)c1cc(F)cc(F)c1. The van der Waals surface area contributed by atoms with E-state index in [2.05, 4.69) is 5.32 Å². The predicted molar refractivity (Wildman–Crippen MR) is 61.4 cm³/mol. The predicted octanol–water partition coefficient (Wildman–Crippen LogP) is 2.92. The fourth-order valence-corrected chi connectivity index (χ4v) is 1.97. The average molecular weight is 239 g/mol. The third-order valence-electron chi connectivity index (χ3n) is 2.64. The largest absolute Gasteiger partial charge is 0.496 e. The van der Waals surface area contributed by atoms with Crippen LogP contribution in [0.1, 0.15) is 24.9 Å². The number of rotatable bonds is 4. The molecule has 0 aliphatic carbocycles. The van der Waals surface area contributed by atoms with Crippen LogP contribution in [0.3, 0.4) is 0 Å². The Kier molecular flexibility index (Phi) is 3.74. The lowest BCUT2D eigenvalue weighted by Gasteiger charge is -2.19. The Balaban J connectivity index is 2.31. The molecular weight excluding hydrogens is 224 g/mol. The van der Waals surface area contributed by atoms with E-state index in [0.717, 1.165) is 18.2 Å². The van der Waals surface area contributed by atoms with E-state index in [9.17, 15) is 8.78 Å². The van der Waals surface area contributed by atoms with E-state index in [1.54, 1.807) is 0 Å². The zero-order valence-corrected chi connectivity index (χ0v) is 9.67. The molecule has 2 rings (SSSR count). The molecule has 1 aromatic rings. The molecule has 0 fully saturated rings. The Labute approximate surface area is 99.3 Å². The van der Waals surface area contributed by atoms with Crippen LogP contribution in [0.2, 0.25) is 0 Å². The first-order chi connectivity index (χ1) is 8.20. The molecule has 0 bridgehead atoms. The highest BCUT2D eigenvalue weighted by atomic mass is 19.1. The van der Waals surface area contributed by atoms with Crippen LogP contribution < -0.4 is 5.32 Å². The van der Waals surface area contributed by atoms with E-state index < -0.39 is 11.6 Å². The summed E-state index contributed by atoms with van der Waals surface area (Å²) in [4.78, 5) is 0. The summed E-state index contributed by atoms with van der Waals surface area (Å²) < 4.78 is 31.8. The molecule has 1 aliphatic rings. The van der Waals surface area contributed by atoms with E-state index in [0.29, 0.717) is 18.7 Å². The maximum Gasteiger partial charge on any atom is 0.126 e. The molecule has 1 heterocycles. The van der Waals surface area contributed by atoms with Crippen LogP contribution in [0, 0.1) is 11.6 Å². The van der Waals surface area contributed by atoms with Gasteiger partial charge in [0.05, 0.1) is 12.6 Å². The summed E-state index contributed by atoms with van der Waals surface area (Å²) in [5, 5.41) is 3.17. The minimum Gasteiger partial charge on any atom is -0.496 e. The second-order valence-corrected chi connectivity index (χ2v) is 3.94. The Morgan fingerprint density at radius 2 is 2.00 bits per heavy atom. The molecular formula is C13H15F2NO. The Morgan fingerprint density at radius 1 is 1.29 bits per heavy atom. The molecule has 1 N–H and O–H groups in total. The molecule has 4 heteroatoms. The molecule has 92 valence electrons. The monoisotopic (exact) mass is 239 g/mol. The lowest BCUT2D eigenvalue weighted by Crippen LogP contribution is -2.23. The molecule has 0 saturated heterocycles. The van der Waals surface area contributed by atoms with E-state index in [1.807, 2.05) is 13.0 Å². The lowest BCUT2D eigenvalue weighted by atomic mass is 10.0. The first kappa shape index (κ1) is 12.0. The number of halogens is 2. The smallest absolute Gasteiger partial charge is 0.126 e. The molecule has 2 nitrogen and oxygen atoms in total. The number of ether oxygens (including phenoxy) is 1. The zero-order valence-electron chi connectivity index (χ0n) is 9.67. The van der Waals surface area contributed by atoms with Crippen LogP contribution in [-0.2, 0) is 4.74 Å². The third kappa shape index (κ3) is 2.82. The summed E-state index contributed by atoms with van der Waals surface area (Å²) in [7, 11) is 0. The number of likely N-dealkylation sites (N-methyl/N-ethyl adjacent to an activating group) is 1. The lowest BCUT2D eigenvalue weighted by molar-refractivity contribution is 0.216. The molecule has 1 atom stereocenters. The minimum atomic E-state index is -0.568. The van der Waals surface area contributed by atoms with Crippen LogP contribution in [-0.4, -0.2) is 13.2 Å². The summed E-state index contributed by atoms with van der Waals surface area (Å²) in [6, 6.07) is 3.27. The van der Waals surface area contributed by atoms with Gasteiger partial charge >= 0.3 is 0 Å². The minimum absolute atomic E-state index is 0.271. The third-order valence-corrected chi connectivity index (χ3v) is 2.64. The number of hydrogen-bond donors (Lipinski definition) is 1. The summed E-state index contributed by atoms with van der Waals surface area (Å²) in [5.41, 5.74) is 0.553. The van der Waals surface area contributed by atoms with E-state index in [1.165, 1.54) is 12.1 Å². The summed E-state index contributed by atoms with van der Waals surface area (Å²) in [6.07, 6.45) is 2.80. The quantitative estimate of drug-likeness (QED) is 0.872. The summed E-state index contributed by atoms with van der Waals surface area (Å²) in [6.45, 7) is 3.27. The van der Waals surface area contributed by atoms with Crippen molar-refractivity contribution in [2.24, 2.45) is 0 Å². The van der Waals surface area contributed by atoms with Crippen LogP contribution in [0.25, 0.3) is 0 Å². The van der Waals surface area contributed by atoms with Gasteiger partial charge in [-0.2, -0.15) is 0 Å². The standard InChI is InChI=1S/C13H15F2NO/c1-2-16-13(12-4-3-5-17-12)9-6-10(14)8-11(15)7-9/h4,6-8,13,16H,2-3,5H2,1H3. The van der Waals surface area contributed by atoms with Gasteiger partial charge < -0.3 is 10.1 Å². The van der Waals surface area contributed by atoms with E-state index >= 15 is 0 Å². The number of benzene rings is 1. The first-order valence-corrected chi connectivity index (χ1v) is 5.73. The highest BCUT2D eigenvalue weighted by Gasteiger charge is 2.21. The highest BCUT2D eigenvalue weighted by Crippen LogP contribution is 2.27. The maximum absolute atomic E-state index is 13.2. The van der Waals surface area contributed by atoms with Crippen molar-refractivity contribution in [3.05, 3.63) is 47.2 Å². The van der Waals surface area contributed by atoms with Crippen molar-refractivity contribution in [3.63, 3.8) is 0 Å². The van der Waals surface area contributed by atoms with Crippen LogP contribution in [0.4, 0.5) is 8.78 Å². The second-order valence-electron chi connectivity index (χ2n) is 3.94. The molecule has 1 aromatic carbocycles. The van der Waals surface area contributed by atoms with Crippen molar-refractivity contribution >= 4 is 0 Å². The summed E-state index contributed by atoms with van der Waals surface area (Å²) >= 11 is 0. The number of nitrogens with one attached hydrogen (secondary N) is 1. The Bertz CT molecular complexity index is 411. The first-order valence-electron chi connectivity index (χ1n) is 5.73. The van der Waals surface area contributed by atoms with Gasteiger partial charge in [0.2, 0.25) is 0 Å². The fourth-order valence-electron chi connectivity index (χ4n) is 1.97. The normalized spacial score (nSPS) is 16.5. The average Bonchev–Trinajstić information content (AvgIpc) is 2.77. The second kappa shape index (κ2) is 5.27. The fraction of sp³-hybridized carbons (Fsp3) is 0.385. The van der Waals surface area contributed by atoms with Crippen LogP contribution >= 0.6 is 0 Å². The van der Waals surface area contributed by atoms with Crippen LogP contribution in [0.15, 0.2) is 30.0 Å². The van der Waals surface area contributed by atoms with Crippen molar-refractivity contribution in [1.29, 1.82) is 0 Å². The molecule has 17 heavy (non-hydrogen) atoms. The van der Waals surface area contributed by atoms with Gasteiger partial charge in [0, 0.05) is 12.5 Å². The zero-order chi connectivity index (χ0) is 12.3. The Morgan fingerprint density at radius 3 is 2.53 bits per heavy atom. The van der Waals surface area contributed by atoms with Crippen molar-refractivity contribution in [3.8, 4) is 0 Å². The molecule has 1 unspecified atom stereocenters. The number of hydrogen-bond acceptors (Lipinski definition) is 2. The summed E-state index contributed by atoms with van der Waals surface area (Å²) in [5.74, 6) is -0.389. The highest BCUT2D eigenvalue weighted by molar-refractivity contribution is 5.28. The van der Waals surface area contributed by atoms with E-state index in [-0.39, 0.29) is 6.04 Å². The maximum atomic E-state index is 13.2. The van der Waals surface area contributed by atoms with Gasteiger partial charge in [-0.05, 0) is 30.3 Å². The van der Waals surface area contributed by atoms with Crippen molar-refractivity contribution < 1.29 is 13.5 Å². The van der Waals surface area contributed by atoms with E-state index in [4.69, 9.17) is 4.74 Å². The molecule has 0 amide bonds. The molecule has 0 saturated carbocycles. The van der Waals surface area contributed by atoms with Gasteiger partial charge in [0.25, 0.3) is 0 Å². The Hall–Kier alpha value is -1.42. The molecule has 0 aromatic heterocycles. The van der Waals surface area contributed by atoms with Gasteiger partial charge in [-0.25, -0.2) is 8.78 Å². The van der Waals surface area contributed by atoms with Crippen molar-refractivity contribution in [2.45, 2.75) is 19.4 Å². The van der Waals surface area contributed by atoms with Gasteiger partial charge in [-0.15, -0.1) is 0 Å². The van der Waals surface area contributed by atoms with Gasteiger partial charge in [-0.3, -0.25) is 0 Å². The van der Waals surface area contributed by atoms with Gasteiger partial charge in [0.15, 0.2) is 0 Å². The molecule has 0 spiro atoms. The molecule has 1 aliphatic heterocycles. The van der Waals surface area contributed by atoms with Crippen molar-refractivity contribution in [1.82, 2.24) is 5.32 Å². The van der Waals surface area contributed by atoms with Crippen LogP contribution in [0.5, 0.6) is 0 Å². The van der Waals surface area contributed by atoms with Crippen molar-refractivity contribution in [2.75, 3.05) is 13.2 Å². The molecule has 0 radical (unpaired) electrons. The van der Waals surface area contributed by atoms with Gasteiger partial charge in [-0.1, -0.05) is 6.92 Å².